The van der Waals surface area contributed by atoms with Gasteiger partial charge in [0.1, 0.15) is 11.2 Å². The SMILES string of the molecule is c1ccc(-n2c3cc(N(c4cccc5c4oc4ccccc45)c4cccc5c4oc4ccccc45)ccc3c3c4ccccc4ccc32)cc1. The highest BCUT2D eigenvalue weighted by molar-refractivity contribution is 6.22. The van der Waals surface area contributed by atoms with E-state index in [9.17, 15) is 0 Å². The van der Waals surface area contributed by atoms with Crippen molar-refractivity contribution in [3.05, 3.63) is 170 Å². The summed E-state index contributed by atoms with van der Waals surface area (Å²) in [5.74, 6) is 0. The fourth-order valence-corrected chi connectivity index (χ4v) is 7.99. The van der Waals surface area contributed by atoms with E-state index in [1.807, 2.05) is 24.3 Å². The Bertz CT molecular complexity index is 3000. The van der Waals surface area contributed by atoms with Gasteiger partial charge in [0.25, 0.3) is 0 Å². The second-order valence-electron chi connectivity index (χ2n) is 12.9. The largest absolute Gasteiger partial charge is 0.454 e. The topological polar surface area (TPSA) is 34.5 Å². The first-order chi connectivity index (χ1) is 24.8. The van der Waals surface area contributed by atoms with Gasteiger partial charge in [0.15, 0.2) is 11.2 Å². The summed E-state index contributed by atoms with van der Waals surface area (Å²) < 4.78 is 15.7. The van der Waals surface area contributed by atoms with Crippen molar-refractivity contribution in [3.8, 4) is 5.69 Å². The molecule has 11 rings (SSSR count). The molecule has 0 saturated carbocycles. The third-order valence-electron chi connectivity index (χ3n) is 10.2. The van der Waals surface area contributed by atoms with Crippen molar-refractivity contribution in [1.82, 2.24) is 4.57 Å². The third kappa shape index (κ3) is 3.81. The average Bonchev–Trinajstić information content (AvgIpc) is 3.86. The lowest BCUT2D eigenvalue weighted by molar-refractivity contribution is 0.666. The number of aromatic nitrogens is 1. The molecule has 8 aromatic carbocycles. The number of para-hydroxylation sites is 5. The van der Waals surface area contributed by atoms with Crippen LogP contribution >= 0.6 is 0 Å². The molecule has 0 unspecified atom stereocenters. The number of nitrogens with zero attached hydrogens (tertiary/aromatic N) is 2. The van der Waals surface area contributed by atoms with Gasteiger partial charge >= 0.3 is 0 Å². The first-order valence-electron chi connectivity index (χ1n) is 16.9. The van der Waals surface area contributed by atoms with Gasteiger partial charge in [-0.1, -0.05) is 115 Å². The van der Waals surface area contributed by atoms with E-state index in [0.29, 0.717) is 0 Å². The molecule has 11 aromatic rings. The summed E-state index contributed by atoms with van der Waals surface area (Å²) in [5, 5.41) is 9.26. The van der Waals surface area contributed by atoms with Crippen molar-refractivity contribution >= 4 is 93.5 Å². The zero-order chi connectivity index (χ0) is 32.8. The molecule has 3 aromatic heterocycles. The van der Waals surface area contributed by atoms with Crippen LogP contribution in [0.15, 0.2) is 179 Å². The van der Waals surface area contributed by atoms with Gasteiger partial charge in [0.2, 0.25) is 0 Å². The van der Waals surface area contributed by atoms with Crippen molar-refractivity contribution in [3.63, 3.8) is 0 Å². The van der Waals surface area contributed by atoms with Gasteiger partial charge in [-0.2, -0.15) is 0 Å². The minimum absolute atomic E-state index is 0.830. The summed E-state index contributed by atoms with van der Waals surface area (Å²) in [5.41, 5.74) is 9.69. The van der Waals surface area contributed by atoms with Gasteiger partial charge < -0.3 is 18.3 Å². The van der Waals surface area contributed by atoms with Gasteiger partial charge in [0.05, 0.1) is 22.4 Å². The molecule has 0 aliphatic rings. The number of anilines is 3. The lowest BCUT2D eigenvalue weighted by Crippen LogP contribution is -2.10. The molecule has 50 heavy (non-hydrogen) atoms. The quantitative estimate of drug-likeness (QED) is 0.192. The highest BCUT2D eigenvalue weighted by Crippen LogP contribution is 2.47. The molecule has 0 fully saturated rings. The number of furan rings is 2. The van der Waals surface area contributed by atoms with Crippen LogP contribution in [-0.2, 0) is 0 Å². The summed E-state index contributed by atoms with van der Waals surface area (Å²) in [4.78, 5) is 2.31. The summed E-state index contributed by atoms with van der Waals surface area (Å²) in [6.07, 6.45) is 0. The van der Waals surface area contributed by atoms with Crippen LogP contribution in [0.1, 0.15) is 0 Å². The van der Waals surface area contributed by atoms with Crippen molar-refractivity contribution in [1.29, 1.82) is 0 Å². The van der Waals surface area contributed by atoms with E-state index >= 15 is 0 Å². The maximum absolute atomic E-state index is 6.68. The highest BCUT2D eigenvalue weighted by atomic mass is 16.3. The highest BCUT2D eigenvalue weighted by Gasteiger charge is 2.24. The maximum atomic E-state index is 6.68. The molecule has 0 N–H and O–H groups in total. The third-order valence-corrected chi connectivity index (χ3v) is 10.2. The van der Waals surface area contributed by atoms with E-state index in [1.165, 1.54) is 27.1 Å². The molecule has 0 atom stereocenters. The number of fused-ring (bicyclic) bond motifs is 11. The number of hydrogen-bond donors (Lipinski definition) is 0. The molecule has 0 aliphatic carbocycles. The van der Waals surface area contributed by atoms with Crippen LogP contribution in [0, 0.1) is 0 Å². The summed E-state index contributed by atoms with van der Waals surface area (Å²) >= 11 is 0. The van der Waals surface area contributed by atoms with Crippen LogP contribution < -0.4 is 4.90 Å². The zero-order valence-corrected chi connectivity index (χ0v) is 26.9. The summed E-state index contributed by atoms with van der Waals surface area (Å²) in [6.45, 7) is 0. The number of hydrogen-bond acceptors (Lipinski definition) is 3. The minimum Gasteiger partial charge on any atom is -0.454 e. The van der Waals surface area contributed by atoms with E-state index in [0.717, 1.165) is 72.1 Å². The molecule has 0 amide bonds. The Morgan fingerprint density at radius 1 is 0.400 bits per heavy atom. The molecule has 0 spiro atoms. The fraction of sp³-hybridized carbons (Fsp3) is 0. The second kappa shape index (κ2) is 10.4. The minimum atomic E-state index is 0.830. The van der Waals surface area contributed by atoms with E-state index in [1.54, 1.807) is 0 Å². The van der Waals surface area contributed by atoms with Gasteiger partial charge in [-0.15, -0.1) is 0 Å². The van der Waals surface area contributed by atoms with E-state index in [-0.39, 0.29) is 0 Å². The molecule has 4 heteroatoms. The Balaban J connectivity index is 1.27. The van der Waals surface area contributed by atoms with Crippen LogP contribution in [-0.4, -0.2) is 4.57 Å². The smallest absolute Gasteiger partial charge is 0.159 e. The average molecular weight is 641 g/mol. The molecule has 4 nitrogen and oxygen atoms in total. The lowest BCUT2D eigenvalue weighted by Gasteiger charge is -2.26. The summed E-state index contributed by atoms with van der Waals surface area (Å²) in [7, 11) is 0. The first-order valence-corrected chi connectivity index (χ1v) is 16.9. The molecule has 0 bridgehead atoms. The van der Waals surface area contributed by atoms with Gasteiger partial charge in [-0.05, 0) is 65.4 Å². The van der Waals surface area contributed by atoms with Crippen molar-refractivity contribution in [2.24, 2.45) is 0 Å². The van der Waals surface area contributed by atoms with Crippen molar-refractivity contribution in [2.45, 2.75) is 0 Å². The Hall–Kier alpha value is -6.78. The van der Waals surface area contributed by atoms with Gasteiger partial charge in [0, 0.05) is 43.7 Å². The monoisotopic (exact) mass is 640 g/mol. The molecule has 0 aliphatic heterocycles. The Morgan fingerprint density at radius 3 is 1.66 bits per heavy atom. The first kappa shape index (κ1) is 27.2. The molecule has 3 heterocycles. The van der Waals surface area contributed by atoms with E-state index in [4.69, 9.17) is 8.83 Å². The van der Waals surface area contributed by atoms with Crippen LogP contribution in [0.5, 0.6) is 0 Å². The van der Waals surface area contributed by atoms with Crippen LogP contribution in [0.4, 0.5) is 17.1 Å². The van der Waals surface area contributed by atoms with Crippen LogP contribution in [0.25, 0.3) is 82.1 Å². The molecule has 0 radical (unpaired) electrons. The number of rotatable bonds is 4. The number of benzene rings is 8. The van der Waals surface area contributed by atoms with Crippen LogP contribution in [0.2, 0.25) is 0 Å². The Labute approximate surface area is 286 Å². The predicted molar refractivity (Wildman–Crippen MR) is 208 cm³/mol. The standard InChI is InChI=1S/C46H28N2O2/c1-2-13-30(14-3-1)47-38-27-24-29-12-4-5-15-32(29)44(38)37-26-25-31(28-41(37)47)48(39-20-10-18-35-33-16-6-8-22-42(33)49-45(35)39)40-21-11-19-36-34-17-7-9-23-43(34)50-46(36)40/h1-28H. The second-order valence-corrected chi connectivity index (χ2v) is 12.9. The zero-order valence-electron chi connectivity index (χ0n) is 26.9. The molecular formula is C46H28N2O2. The lowest BCUT2D eigenvalue weighted by atomic mass is 10.0. The molecular weight excluding hydrogens is 613 g/mol. The van der Waals surface area contributed by atoms with Gasteiger partial charge in [-0.25, -0.2) is 0 Å². The Kier molecular flexibility index (Phi) is 5.63. The van der Waals surface area contributed by atoms with Crippen LogP contribution in [0.3, 0.4) is 0 Å². The Morgan fingerprint density at radius 2 is 0.980 bits per heavy atom. The van der Waals surface area contributed by atoms with E-state index in [2.05, 4.69) is 155 Å². The predicted octanol–water partition coefficient (Wildman–Crippen LogP) is 13.2. The van der Waals surface area contributed by atoms with Crippen molar-refractivity contribution < 1.29 is 8.83 Å². The fourth-order valence-electron chi connectivity index (χ4n) is 7.99. The molecule has 234 valence electrons. The molecule has 0 saturated heterocycles. The normalized spacial score (nSPS) is 12.0. The van der Waals surface area contributed by atoms with Crippen molar-refractivity contribution in [2.75, 3.05) is 4.90 Å². The summed E-state index contributed by atoms with van der Waals surface area (Å²) in [6, 6.07) is 60.0. The van der Waals surface area contributed by atoms with E-state index < -0.39 is 0 Å². The maximum Gasteiger partial charge on any atom is 0.159 e. The van der Waals surface area contributed by atoms with Gasteiger partial charge in [-0.3, -0.25) is 0 Å².